The molecule has 1 amide bonds. The molecule has 1 aromatic heterocycles. The summed E-state index contributed by atoms with van der Waals surface area (Å²) in [4.78, 5) is 18.3. The standard InChI is InChI=1S/C22H22FN3O3S/c1-13-9-15-10-14(3-6-21(15)26(13)30(2,28)29)22(27)25-8-7-20-18(12-25)17-11-16(23)4-5-19(17)24-20/h3-6,10-11,13,24H,7-9,12H2,1-2H3. The van der Waals surface area contributed by atoms with Crippen LogP contribution in [-0.4, -0.2) is 43.1 Å². The Labute approximate surface area is 174 Å². The molecule has 0 saturated carbocycles. The van der Waals surface area contributed by atoms with Crippen LogP contribution >= 0.6 is 0 Å². The van der Waals surface area contributed by atoms with Crippen LogP contribution in [0.15, 0.2) is 36.4 Å². The average molecular weight is 428 g/mol. The van der Waals surface area contributed by atoms with Gasteiger partial charge in [0.15, 0.2) is 0 Å². The summed E-state index contributed by atoms with van der Waals surface area (Å²) in [7, 11) is -3.37. The lowest BCUT2D eigenvalue weighted by Crippen LogP contribution is -2.36. The summed E-state index contributed by atoms with van der Waals surface area (Å²) in [5, 5.41) is 0.814. The van der Waals surface area contributed by atoms with Crippen LogP contribution in [0.5, 0.6) is 0 Å². The predicted molar refractivity (Wildman–Crippen MR) is 114 cm³/mol. The summed E-state index contributed by atoms with van der Waals surface area (Å²) >= 11 is 0. The number of amides is 1. The van der Waals surface area contributed by atoms with Crippen LogP contribution in [0.4, 0.5) is 10.1 Å². The van der Waals surface area contributed by atoms with Crippen LogP contribution in [0, 0.1) is 5.82 Å². The van der Waals surface area contributed by atoms with Crippen molar-refractivity contribution in [3.8, 4) is 0 Å². The summed E-state index contributed by atoms with van der Waals surface area (Å²) < 4.78 is 39.4. The molecule has 3 heterocycles. The molecule has 6 nitrogen and oxygen atoms in total. The molecule has 30 heavy (non-hydrogen) atoms. The lowest BCUT2D eigenvalue weighted by Gasteiger charge is -2.27. The molecule has 1 N–H and O–H groups in total. The smallest absolute Gasteiger partial charge is 0.254 e. The highest BCUT2D eigenvalue weighted by atomic mass is 32.2. The molecule has 8 heteroatoms. The fraction of sp³-hybridized carbons (Fsp3) is 0.318. The van der Waals surface area contributed by atoms with E-state index in [-0.39, 0.29) is 17.8 Å². The molecule has 0 aliphatic carbocycles. The zero-order valence-corrected chi connectivity index (χ0v) is 17.6. The van der Waals surface area contributed by atoms with Crippen molar-refractivity contribution >= 4 is 32.5 Å². The minimum Gasteiger partial charge on any atom is -0.358 e. The topological polar surface area (TPSA) is 73.5 Å². The highest BCUT2D eigenvalue weighted by Crippen LogP contribution is 2.35. The van der Waals surface area contributed by atoms with E-state index in [1.165, 1.54) is 22.7 Å². The molecular weight excluding hydrogens is 405 g/mol. The van der Waals surface area contributed by atoms with Crippen molar-refractivity contribution in [3.05, 3.63) is 64.6 Å². The predicted octanol–water partition coefficient (Wildman–Crippen LogP) is 3.22. The molecule has 5 rings (SSSR count). The van der Waals surface area contributed by atoms with Crippen LogP contribution in [-0.2, 0) is 29.4 Å². The van der Waals surface area contributed by atoms with Gasteiger partial charge in [-0.3, -0.25) is 9.10 Å². The van der Waals surface area contributed by atoms with E-state index < -0.39 is 10.0 Å². The molecule has 2 aromatic carbocycles. The van der Waals surface area contributed by atoms with Gasteiger partial charge < -0.3 is 9.88 Å². The van der Waals surface area contributed by atoms with E-state index in [9.17, 15) is 17.6 Å². The Bertz CT molecular complexity index is 1300. The zero-order chi connectivity index (χ0) is 21.2. The van der Waals surface area contributed by atoms with Gasteiger partial charge in [0.25, 0.3) is 5.91 Å². The molecule has 2 aliphatic rings. The molecule has 0 fully saturated rings. The number of anilines is 1. The largest absolute Gasteiger partial charge is 0.358 e. The van der Waals surface area contributed by atoms with Crippen molar-refractivity contribution in [1.29, 1.82) is 0 Å². The number of fused-ring (bicyclic) bond motifs is 4. The summed E-state index contributed by atoms with van der Waals surface area (Å²) in [5.41, 5.74) is 4.95. The number of carbonyl (C=O) groups is 1. The maximum atomic E-state index is 13.7. The SMILES string of the molecule is CC1Cc2cc(C(=O)N3CCc4[nH]c5ccc(F)cc5c4C3)ccc2N1S(C)(=O)=O. The summed E-state index contributed by atoms with van der Waals surface area (Å²) in [6, 6.07) is 9.73. The second-order valence-electron chi connectivity index (χ2n) is 8.20. The Kier molecular flexibility index (Phi) is 4.18. The van der Waals surface area contributed by atoms with Gasteiger partial charge in [-0.15, -0.1) is 0 Å². The molecular formula is C22H22FN3O3S. The number of hydrogen-bond donors (Lipinski definition) is 1. The molecule has 0 spiro atoms. The van der Waals surface area contributed by atoms with E-state index >= 15 is 0 Å². The number of sulfonamides is 1. The van der Waals surface area contributed by atoms with Gasteiger partial charge in [-0.25, -0.2) is 12.8 Å². The van der Waals surface area contributed by atoms with E-state index in [0.717, 1.165) is 27.7 Å². The number of nitrogens with zero attached hydrogens (tertiary/aromatic N) is 2. The third kappa shape index (κ3) is 2.98. The van der Waals surface area contributed by atoms with Crippen molar-refractivity contribution in [3.63, 3.8) is 0 Å². The third-order valence-electron chi connectivity index (χ3n) is 6.06. The first-order valence-electron chi connectivity index (χ1n) is 9.93. The van der Waals surface area contributed by atoms with Gasteiger partial charge in [0, 0.05) is 53.3 Å². The number of rotatable bonds is 2. The number of hydrogen-bond acceptors (Lipinski definition) is 3. The quantitative estimate of drug-likeness (QED) is 0.683. The van der Waals surface area contributed by atoms with Crippen molar-refractivity contribution < 1.29 is 17.6 Å². The molecule has 1 unspecified atom stereocenters. The molecule has 0 saturated heterocycles. The second-order valence-corrected chi connectivity index (χ2v) is 10.1. The number of halogens is 1. The van der Waals surface area contributed by atoms with Crippen molar-refractivity contribution in [1.82, 2.24) is 9.88 Å². The molecule has 0 radical (unpaired) electrons. The van der Waals surface area contributed by atoms with Crippen molar-refractivity contribution in [2.75, 3.05) is 17.1 Å². The van der Waals surface area contributed by atoms with Crippen LogP contribution in [0.1, 0.15) is 34.1 Å². The lowest BCUT2D eigenvalue weighted by molar-refractivity contribution is 0.0735. The highest BCUT2D eigenvalue weighted by Gasteiger charge is 2.33. The van der Waals surface area contributed by atoms with Gasteiger partial charge in [-0.1, -0.05) is 0 Å². The Hall–Kier alpha value is -2.87. The van der Waals surface area contributed by atoms with Crippen LogP contribution < -0.4 is 4.31 Å². The fourth-order valence-electron chi connectivity index (χ4n) is 4.78. The van der Waals surface area contributed by atoms with E-state index in [0.29, 0.717) is 37.2 Å². The highest BCUT2D eigenvalue weighted by molar-refractivity contribution is 7.92. The van der Waals surface area contributed by atoms with Crippen LogP contribution in [0.25, 0.3) is 10.9 Å². The zero-order valence-electron chi connectivity index (χ0n) is 16.8. The van der Waals surface area contributed by atoms with Crippen LogP contribution in [0.2, 0.25) is 0 Å². The van der Waals surface area contributed by atoms with Crippen LogP contribution in [0.3, 0.4) is 0 Å². The number of carbonyl (C=O) groups excluding carboxylic acids is 1. The monoisotopic (exact) mass is 427 g/mol. The molecule has 1 atom stereocenters. The first-order valence-corrected chi connectivity index (χ1v) is 11.8. The summed E-state index contributed by atoms with van der Waals surface area (Å²) in [6.45, 7) is 2.86. The maximum Gasteiger partial charge on any atom is 0.254 e. The van der Waals surface area contributed by atoms with Gasteiger partial charge in [-0.05, 0) is 55.3 Å². The fourth-order valence-corrected chi connectivity index (χ4v) is 6.05. The summed E-state index contributed by atoms with van der Waals surface area (Å²) in [5.74, 6) is -0.393. The average Bonchev–Trinajstić information content (AvgIpc) is 3.22. The molecule has 0 bridgehead atoms. The Morgan fingerprint density at radius 3 is 2.77 bits per heavy atom. The molecule has 2 aliphatic heterocycles. The molecule has 156 valence electrons. The van der Waals surface area contributed by atoms with E-state index in [4.69, 9.17) is 0 Å². The first-order chi connectivity index (χ1) is 14.2. The van der Waals surface area contributed by atoms with Crippen molar-refractivity contribution in [2.45, 2.75) is 32.4 Å². The minimum atomic E-state index is -3.37. The van der Waals surface area contributed by atoms with Gasteiger partial charge in [0.2, 0.25) is 10.0 Å². The summed E-state index contributed by atoms with van der Waals surface area (Å²) in [6.07, 6.45) is 2.46. The van der Waals surface area contributed by atoms with Crippen molar-refractivity contribution in [2.24, 2.45) is 0 Å². The van der Waals surface area contributed by atoms with Gasteiger partial charge in [0.1, 0.15) is 5.82 Å². The molecule has 3 aromatic rings. The van der Waals surface area contributed by atoms with Gasteiger partial charge in [-0.2, -0.15) is 0 Å². The third-order valence-corrected chi connectivity index (χ3v) is 7.33. The number of benzene rings is 2. The lowest BCUT2D eigenvalue weighted by atomic mass is 10.0. The Balaban J connectivity index is 1.45. The number of H-pyrrole nitrogens is 1. The minimum absolute atomic E-state index is 0.0975. The maximum absolute atomic E-state index is 13.7. The normalized spacial score (nSPS) is 18.6. The number of aromatic nitrogens is 1. The van der Waals surface area contributed by atoms with Gasteiger partial charge >= 0.3 is 0 Å². The van der Waals surface area contributed by atoms with E-state index in [1.54, 1.807) is 23.1 Å². The number of aromatic amines is 1. The first kappa shape index (κ1) is 19.1. The Morgan fingerprint density at radius 2 is 2.00 bits per heavy atom. The Morgan fingerprint density at radius 1 is 1.20 bits per heavy atom. The van der Waals surface area contributed by atoms with E-state index in [2.05, 4.69) is 4.98 Å². The van der Waals surface area contributed by atoms with E-state index in [1.807, 2.05) is 13.0 Å². The second kappa shape index (κ2) is 6.57. The van der Waals surface area contributed by atoms with Gasteiger partial charge in [0.05, 0.1) is 11.9 Å². The number of nitrogens with one attached hydrogen (secondary N) is 1.